The fraction of sp³-hybridized carbons (Fsp3) is 0.680. The molecule has 35 heavy (non-hydrogen) atoms. The number of amides is 3. The lowest BCUT2D eigenvalue weighted by atomic mass is 9.93. The van der Waals surface area contributed by atoms with Gasteiger partial charge in [-0.3, -0.25) is 9.69 Å². The van der Waals surface area contributed by atoms with E-state index in [1.165, 1.54) is 21.3 Å². The minimum Gasteiger partial charge on any atom is -0.493 e. The maximum atomic E-state index is 12.8. The zero-order valence-electron chi connectivity index (χ0n) is 21.6. The first-order chi connectivity index (χ1) is 17.0. The van der Waals surface area contributed by atoms with Crippen LogP contribution in [0.3, 0.4) is 0 Å². The molecule has 0 aromatic heterocycles. The van der Waals surface area contributed by atoms with Gasteiger partial charge in [-0.15, -0.1) is 0 Å². The van der Waals surface area contributed by atoms with Gasteiger partial charge in [-0.05, 0) is 25.3 Å². The molecular weight excluding hydrogens is 450 g/mol. The van der Waals surface area contributed by atoms with E-state index in [2.05, 4.69) is 27.4 Å². The highest BCUT2D eigenvalue weighted by atomic mass is 16.5. The molecule has 196 valence electrons. The number of likely N-dealkylation sites (tertiary alicyclic amines) is 1. The van der Waals surface area contributed by atoms with E-state index in [4.69, 9.17) is 14.2 Å². The molecule has 1 aromatic carbocycles. The topological polar surface area (TPSA) is 95.6 Å². The number of piperidine rings is 1. The van der Waals surface area contributed by atoms with Crippen LogP contribution in [0.25, 0.3) is 0 Å². The smallest absolute Gasteiger partial charge is 0.321 e. The monoisotopic (exact) mass is 491 g/mol. The maximum absolute atomic E-state index is 12.8. The molecule has 2 N–H and O–H groups in total. The summed E-state index contributed by atoms with van der Waals surface area (Å²) in [6.45, 7) is 10.5. The molecule has 2 aliphatic heterocycles. The van der Waals surface area contributed by atoms with Gasteiger partial charge in [0.2, 0.25) is 11.7 Å². The number of benzene rings is 1. The molecular formula is C25H41N5O5. The Hall–Kier alpha value is -2.72. The second-order valence-electron chi connectivity index (χ2n) is 9.10. The third-order valence-corrected chi connectivity index (χ3v) is 6.95. The number of nitrogens with one attached hydrogen (secondary N) is 2. The highest BCUT2D eigenvalue weighted by Crippen LogP contribution is 2.40. The van der Waals surface area contributed by atoms with Crippen molar-refractivity contribution < 1.29 is 23.8 Å². The number of rotatable bonds is 10. The molecule has 0 unspecified atom stereocenters. The van der Waals surface area contributed by atoms with Crippen LogP contribution < -0.4 is 24.8 Å². The summed E-state index contributed by atoms with van der Waals surface area (Å²) in [4.78, 5) is 31.9. The summed E-state index contributed by atoms with van der Waals surface area (Å²) in [5.41, 5.74) is 0.571. The number of methoxy groups -OCH3 is 3. The normalized spacial score (nSPS) is 17.7. The minimum absolute atomic E-state index is 0.109. The Balaban J connectivity index is 1.38. The van der Waals surface area contributed by atoms with Crippen molar-refractivity contribution in [2.75, 3.05) is 85.5 Å². The average molecular weight is 492 g/mol. The van der Waals surface area contributed by atoms with E-state index in [-0.39, 0.29) is 11.9 Å². The Labute approximate surface area is 208 Å². The summed E-state index contributed by atoms with van der Waals surface area (Å²) in [5, 5.41) is 6.00. The Morgan fingerprint density at radius 2 is 1.51 bits per heavy atom. The van der Waals surface area contributed by atoms with Crippen LogP contribution in [0.15, 0.2) is 12.1 Å². The maximum Gasteiger partial charge on any atom is 0.321 e. The fourth-order valence-corrected chi connectivity index (χ4v) is 4.71. The van der Waals surface area contributed by atoms with E-state index in [0.717, 1.165) is 52.1 Å². The first-order valence-electron chi connectivity index (χ1n) is 12.5. The van der Waals surface area contributed by atoms with Crippen molar-refractivity contribution in [3.63, 3.8) is 0 Å². The van der Waals surface area contributed by atoms with E-state index in [1.54, 1.807) is 17.0 Å². The molecule has 10 heteroatoms. The zero-order valence-corrected chi connectivity index (χ0v) is 21.6. The van der Waals surface area contributed by atoms with Crippen LogP contribution in [0.1, 0.15) is 26.2 Å². The van der Waals surface area contributed by atoms with Crippen LogP contribution >= 0.6 is 0 Å². The molecule has 1 aromatic rings. The molecule has 2 heterocycles. The van der Waals surface area contributed by atoms with Crippen LogP contribution in [-0.4, -0.2) is 107 Å². The third-order valence-electron chi connectivity index (χ3n) is 6.95. The summed E-state index contributed by atoms with van der Waals surface area (Å²) in [6.07, 6.45) is 2.15. The van der Waals surface area contributed by atoms with Gasteiger partial charge in [0.05, 0.1) is 27.0 Å². The molecule has 0 bridgehead atoms. The van der Waals surface area contributed by atoms with Crippen molar-refractivity contribution in [1.29, 1.82) is 0 Å². The van der Waals surface area contributed by atoms with Gasteiger partial charge >= 0.3 is 6.03 Å². The van der Waals surface area contributed by atoms with E-state index in [9.17, 15) is 9.59 Å². The van der Waals surface area contributed by atoms with Gasteiger partial charge in [0.1, 0.15) is 0 Å². The summed E-state index contributed by atoms with van der Waals surface area (Å²) >= 11 is 0. The summed E-state index contributed by atoms with van der Waals surface area (Å²) in [6, 6.07) is 3.24. The van der Waals surface area contributed by atoms with Crippen LogP contribution in [0.5, 0.6) is 17.2 Å². The Morgan fingerprint density at radius 3 is 2.06 bits per heavy atom. The molecule has 3 amide bonds. The number of likely N-dealkylation sites (N-methyl/N-ethyl adjacent to an activating group) is 1. The van der Waals surface area contributed by atoms with E-state index in [1.807, 2.05) is 0 Å². The number of nitrogens with zero attached hydrogens (tertiary/aromatic N) is 3. The number of anilines is 1. The van der Waals surface area contributed by atoms with Gasteiger partial charge in [0, 0.05) is 70.9 Å². The molecule has 0 aliphatic carbocycles. The van der Waals surface area contributed by atoms with E-state index >= 15 is 0 Å². The largest absolute Gasteiger partial charge is 0.493 e. The number of piperazine rings is 1. The van der Waals surface area contributed by atoms with Gasteiger partial charge in [0.25, 0.3) is 0 Å². The van der Waals surface area contributed by atoms with Gasteiger partial charge in [0.15, 0.2) is 11.5 Å². The Morgan fingerprint density at radius 1 is 0.914 bits per heavy atom. The van der Waals surface area contributed by atoms with Crippen LogP contribution in [-0.2, 0) is 4.79 Å². The summed E-state index contributed by atoms with van der Waals surface area (Å²) in [7, 11) is 4.62. The van der Waals surface area contributed by atoms with Crippen LogP contribution in [0.2, 0.25) is 0 Å². The SMILES string of the molecule is CCN1CCN(CCNC(=O)CC2CCN(C(=O)Nc3cc(OC)c(OC)c(OC)c3)CC2)CC1. The molecule has 2 fully saturated rings. The van der Waals surface area contributed by atoms with Crippen molar-refractivity contribution in [2.24, 2.45) is 5.92 Å². The number of hydrogen-bond acceptors (Lipinski definition) is 7. The molecule has 2 saturated heterocycles. The van der Waals surface area contributed by atoms with Crippen molar-refractivity contribution in [1.82, 2.24) is 20.0 Å². The molecule has 0 atom stereocenters. The predicted octanol–water partition coefficient (Wildman–Crippen LogP) is 2.10. The number of carbonyl (C=O) groups excluding carboxylic acids is 2. The van der Waals surface area contributed by atoms with E-state index < -0.39 is 0 Å². The van der Waals surface area contributed by atoms with Crippen molar-refractivity contribution >= 4 is 17.6 Å². The second-order valence-corrected chi connectivity index (χ2v) is 9.10. The summed E-state index contributed by atoms with van der Waals surface area (Å²) < 4.78 is 16.0. The fourth-order valence-electron chi connectivity index (χ4n) is 4.71. The number of ether oxygens (including phenoxy) is 3. The van der Waals surface area contributed by atoms with Crippen LogP contribution in [0.4, 0.5) is 10.5 Å². The minimum atomic E-state index is -0.176. The zero-order chi connectivity index (χ0) is 25.2. The Bertz CT molecular complexity index is 811. The Kier molecular flexibility index (Phi) is 10.3. The number of carbonyl (C=O) groups is 2. The lowest BCUT2D eigenvalue weighted by Crippen LogP contribution is -2.48. The molecule has 10 nitrogen and oxygen atoms in total. The standard InChI is InChI=1S/C25H41N5O5/c1-5-28-12-14-29(15-13-28)11-8-26-23(31)16-19-6-9-30(10-7-19)25(32)27-20-17-21(33-2)24(35-4)22(18-20)34-3/h17-19H,5-16H2,1-4H3,(H,26,31)(H,27,32). The van der Waals surface area contributed by atoms with Gasteiger partial charge in [-0.1, -0.05) is 6.92 Å². The first-order valence-corrected chi connectivity index (χ1v) is 12.5. The molecule has 0 saturated carbocycles. The van der Waals surface area contributed by atoms with Gasteiger partial charge in [-0.2, -0.15) is 0 Å². The molecule has 0 radical (unpaired) electrons. The van der Waals surface area contributed by atoms with Crippen LogP contribution in [0, 0.1) is 5.92 Å². The van der Waals surface area contributed by atoms with Crippen molar-refractivity contribution in [2.45, 2.75) is 26.2 Å². The van der Waals surface area contributed by atoms with Crippen molar-refractivity contribution in [3.8, 4) is 17.2 Å². The molecule has 0 spiro atoms. The third kappa shape index (κ3) is 7.63. The molecule has 2 aliphatic rings. The summed E-state index contributed by atoms with van der Waals surface area (Å²) in [5.74, 6) is 1.85. The lowest BCUT2D eigenvalue weighted by Gasteiger charge is -2.34. The second kappa shape index (κ2) is 13.4. The van der Waals surface area contributed by atoms with E-state index in [0.29, 0.717) is 54.9 Å². The average Bonchev–Trinajstić information content (AvgIpc) is 2.88. The highest BCUT2D eigenvalue weighted by molar-refractivity contribution is 5.90. The first kappa shape index (κ1) is 26.9. The van der Waals surface area contributed by atoms with Crippen molar-refractivity contribution in [3.05, 3.63) is 12.1 Å². The quantitative estimate of drug-likeness (QED) is 0.518. The highest BCUT2D eigenvalue weighted by Gasteiger charge is 2.25. The lowest BCUT2D eigenvalue weighted by molar-refractivity contribution is -0.122. The predicted molar refractivity (Wildman–Crippen MR) is 136 cm³/mol. The van der Waals surface area contributed by atoms with Gasteiger partial charge < -0.3 is 34.6 Å². The molecule has 3 rings (SSSR count). The number of hydrogen-bond donors (Lipinski definition) is 2. The van der Waals surface area contributed by atoms with Gasteiger partial charge in [-0.25, -0.2) is 4.79 Å². The number of urea groups is 1.